The van der Waals surface area contributed by atoms with Crippen molar-refractivity contribution in [2.24, 2.45) is 0 Å². The van der Waals surface area contributed by atoms with Gasteiger partial charge in [0.2, 0.25) is 5.91 Å². The lowest BCUT2D eigenvalue weighted by Crippen LogP contribution is -2.40. The molecule has 1 aromatic rings. The predicted molar refractivity (Wildman–Crippen MR) is 92.7 cm³/mol. The number of carbonyl (C=O) groups excluding carboxylic acids is 1. The number of hydrogen-bond acceptors (Lipinski definition) is 3. The number of rotatable bonds is 10. The molecule has 0 heterocycles. The summed E-state index contributed by atoms with van der Waals surface area (Å²) in [5, 5.41) is 15.0. The standard InChI is InChI=1S/C18H28N2O3/c1-4-5-6-7-10-19-16(18(22)23)12-17(21)20-15-9-8-13(2)11-14(15)3/h8-9,11,16,19H,4-7,10,12H2,1-3H3,(H,20,21)(H,22,23). The van der Waals surface area contributed by atoms with Crippen molar-refractivity contribution in [3.63, 3.8) is 0 Å². The maximum absolute atomic E-state index is 12.1. The van der Waals surface area contributed by atoms with Gasteiger partial charge in [-0.05, 0) is 38.4 Å². The van der Waals surface area contributed by atoms with E-state index >= 15 is 0 Å². The smallest absolute Gasteiger partial charge is 0.321 e. The number of carbonyl (C=O) groups is 2. The predicted octanol–water partition coefficient (Wildman–Crippen LogP) is 3.26. The fourth-order valence-corrected chi connectivity index (χ4v) is 2.42. The van der Waals surface area contributed by atoms with Gasteiger partial charge in [0, 0.05) is 5.69 Å². The zero-order valence-electron chi connectivity index (χ0n) is 14.3. The molecule has 0 aliphatic carbocycles. The van der Waals surface area contributed by atoms with E-state index in [4.69, 9.17) is 0 Å². The number of aliphatic carboxylic acids is 1. The zero-order chi connectivity index (χ0) is 17.2. The summed E-state index contributed by atoms with van der Waals surface area (Å²) in [5.41, 5.74) is 2.82. The molecule has 0 radical (unpaired) electrons. The van der Waals surface area contributed by atoms with E-state index in [1.54, 1.807) is 0 Å². The molecule has 3 N–H and O–H groups in total. The van der Waals surface area contributed by atoms with Crippen LogP contribution in [0.4, 0.5) is 5.69 Å². The molecule has 0 bridgehead atoms. The second kappa shape index (κ2) is 10.0. The summed E-state index contributed by atoms with van der Waals surface area (Å²) in [6.45, 7) is 6.66. The quantitative estimate of drug-likeness (QED) is 0.578. The highest BCUT2D eigenvalue weighted by Gasteiger charge is 2.20. The van der Waals surface area contributed by atoms with E-state index in [-0.39, 0.29) is 12.3 Å². The summed E-state index contributed by atoms with van der Waals surface area (Å²) in [6, 6.07) is 4.90. The Hall–Kier alpha value is -1.88. The number of anilines is 1. The van der Waals surface area contributed by atoms with Crippen molar-refractivity contribution in [3.8, 4) is 0 Å². The molecular formula is C18H28N2O3. The first-order valence-corrected chi connectivity index (χ1v) is 8.27. The van der Waals surface area contributed by atoms with Crippen molar-refractivity contribution < 1.29 is 14.7 Å². The number of amides is 1. The summed E-state index contributed by atoms with van der Waals surface area (Å²) < 4.78 is 0. The highest BCUT2D eigenvalue weighted by Crippen LogP contribution is 2.16. The van der Waals surface area contributed by atoms with E-state index in [0.717, 1.165) is 42.5 Å². The molecule has 1 unspecified atom stereocenters. The van der Waals surface area contributed by atoms with E-state index < -0.39 is 12.0 Å². The first kappa shape index (κ1) is 19.2. The average Bonchev–Trinajstić information content (AvgIpc) is 2.48. The van der Waals surface area contributed by atoms with Crippen LogP contribution in [0.2, 0.25) is 0 Å². The van der Waals surface area contributed by atoms with E-state index in [0.29, 0.717) is 6.54 Å². The highest BCUT2D eigenvalue weighted by molar-refractivity contribution is 5.94. The third-order valence-electron chi connectivity index (χ3n) is 3.76. The van der Waals surface area contributed by atoms with Gasteiger partial charge in [-0.2, -0.15) is 0 Å². The average molecular weight is 320 g/mol. The lowest BCUT2D eigenvalue weighted by atomic mass is 10.1. The highest BCUT2D eigenvalue weighted by atomic mass is 16.4. The number of benzene rings is 1. The van der Waals surface area contributed by atoms with Gasteiger partial charge in [-0.1, -0.05) is 43.9 Å². The molecule has 23 heavy (non-hydrogen) atoms. The molecular weight excluding hydrogens is 292 g/mol. The Morgan fingerprint density at radius 1 is 1.17 bits per heavy atom. The number of hydrogen-bond donors (Lipinski definition) is 3. The minimum absolute atomic E-state index is 0.0730. The number of aryl methyl sites for hydroxylation is 2. The van der Waals surface area contributed by atoms with Crippen LogP contribution in [-0.4, -0.2) is 29.6 Å². The maximum Gasteiger partial charge on any atom is 0.321 e. The SMILES string of the molecule is CCCCCCNC(CC(=O)Nc1ccc(C)cc1C)C(=O)O. The maximum atomic E-state index is 12.1. The molecule has 5 heteroatoms. The third-order valence-corrected chi connectivity index (χ3v) is 3.76. The van der Waals surface area contributed by atoms with Gasteiger partial charge in [-0.15, -0.1) is 0 Å². The number of carboxylic acid groups (broad SMARTS) is 1. The van der Waals surface area contributed by atoms with E-state index in [1.165, 1.54) is 0 Å². The summed E-state index contributed by atoms with van der Waals surface area (Å²) in [5.74, 6) is -1.28. The molecule has 1 rings (SSSR count). The summed E-state index contributed by atoms with van der Waals surface area (Å²) in [4.78, 5) is 23.4. The molecule has 1 aromatic carbocycles. The van der Waals surface area contributed by atoms with Gasteiger partial charge >= 0.3 is 5.97 Å². The summed E-state index contributed by atoms with van der Waals surface area (Å²) in [7, 11) is 0. The van der Waals surface area contributed by atoms with Crippen molar-refractivity contribution in [3.05, 3.63) is 29.3 Å². The van der Waals surface area contributed by atoms with Crippen LogP contribution in [0.15, 0.2) is 18.2 Å². The molecule has 0 saturated heterocycles. The first-order valence-electron chi connectivity index (χ1n) is 8.27. The van der Waals surface area contributed by atoms with E-state index in [1.807, 2.05) is 32.0 Å². The number of carboxylic acids is 1. The fourth-order valence-electron chi connectivity index (χ4n) is 2.42. The molecule has 0 aliphatic rings. The van der Waals surface area contributed by atoms with Crippen molar-refractivity contribution in [2.75, 3.05) is 11.9 Å². The van der Waals surface area contributed by atoms with Gasteiger partial charge in [0.15, 0.2) is 0 Å². The Bertz CT molecular complexity index is 529. The molecule has 0 aliphatic heterocycles. The van der Waals surface area contributed by atoms with Gasteiger partial charge < -0.3 is 15.7 Å². The minimum Gasteiger partial charge on any atom is -0.480 e. The third kappa shape index (κ3) is 7.28. The largest absolute Gasteiger partial charge is 0.480 e. The summed E-state index contributed by atoms with van der Waals surface area (Å²) >= 11 is 0. The Labute approximate surface area is 138 Å². The Balaban J connectivity index is 2.48. The molecule has 0 spiro atoms. The van der Waals surface area contributed by atoms with E-state index in [2.05, 4.69) is 17.6 Å². The minimum atomic E-state index is -0.990. The molecule has 0 aromatic heterocycles. The van der Waals surface area contributed by atoms with Gasteiger partial charge in [-0.3, -0.25) is 9.59 Å². The molecule has 0 fully saturated rings. The molecule has 5 nitrogen and oxygen atoms in total. The molecule has 1 atom stereocenters. The van der Waals surface area contributed by atoms with Crippen LogP contribution in [0, 0.1) is 13.8 Å². The van der Waals surface area contributed by atoms with Crippen molar-refractivity contribution in [2.45, 2.75) is 58.9 Å². The lowest BCUT2D eigenvalue weighted by molar-refractivity contribution is -0.141. The number of unbranched alkanes of at least 4 members (excludes halogenated alkanes) is 3. The van der Waals surface area contributed by atoms with Crippen LogP contribution in [0.1, 0.15) is 50.2 Å². The topological polar surface area (TPSA) is 78.4 Å². The van der Waals surface area contributed by atoms with Crippen LogP contribution in [0.3, 0.4) is 0 Å². The Morgan fingerprint density at radius 2 is 1.91 bits per heavy atom. The van der Waals surface area contributed by atoms with Gasteiger partial charge in [-0.25, -0.2) is 0 Å². The Morgan fingerprint density at radius 3 is 2.52 bits per heavy atom. The van der Waals surface area contributed by atoms with E-state index in [9.17, 15) is 14.7 Å². The normalized spacial score (nSPS) is 12.0. The number of nitrogens with one attached hydrogen (secondary N) is 2. The van der Waals surface area contributed by atoms with Crippen LogP contribution in [0.5, 0.6) is 0 Å². The van der Waals surface area contributed by atoms with Crippen molar-refractivity contribution in [1.29, 1.82) is 0 Å². The van der Waals surface area contributed by atoms with Crippen LogP contribution in [0.25, 0.3) is 0 Å². The Kier molecular flexibility index (Phi) is 8.33. The monoisotopic (exact) mass is 320 g/mol. The lowest BCUT2D eigenvalue weighted by Gasteiger charge is -2.15. The van der Waals surface area contributed by atoms with Crippen molar-refractivity contribution >= 4 is 17.6 Å². The molecule has 128 valence electrons. The fraction of sp³-hybridized carbons (Fsp3) is 0.556. The van der Waals surface area contributed by atoms with Crippen LogP contribution >= 0.6 is 0 Å². The molecule has 0 saturated carbocycles. The van der Waals surface area contributed by atoms with Gasteiger partial charge in [0.1, 0.15) is 6.04 Å². The zero-order valence-corrected chi connectivity index (χ0v) is 14.3. The van der Waals surface area contributed by atoms with Gasteiger partial charge in [0.25, 0.3) is 0 Å². The van der Waals surface area contributed by atoms with Gasteiger partial charge in [0.05, 0.1) is 6.42 Å². The molecule has 1 amide bonds. The summed E-state index contributed by atoms with van der Waals surface area (Å²) in [6.07, 6.45) is 4.21. The second-order valence-corrected chi connectivity index (χ2v) is 5.98. The van der Waals surface area contributed by atoms with Crippen molar-refractivity contribution in [1.82, 2.24) is 5.32 Å². The van der Waals surface area contributed by atoms with Crippen LogP contribution < -0.4 is 10.6 Å². The first-order chi connectivity index (χ1) is 10.9. The second-order valence-electron chi connectivity index (χ2n) is 5.98. The van der Waals surface area contributed by atoms with Crippen LogP contribution in [-0.2, 0) is 9.59 Å².